The molecule has 0 unspecified atom stereocenters. The van der Waals surface area contributed by atoms with E-state index in [9.17, 15) is 9.59 Å². The Hall–Kier alpha value is -1.10. The van der Waals surface area contributed by atoms with Crippen LogP contribution in [0.3, 0.4) is 0 Å². The number of carboxylic acid groups (broad SMARTS) is 1. The quantitative estimate of drug-likeness (QED) is 0.802. The molecule has 1 amide bonds. The van der Waals surface area contributed by atoms with Gasteiger partial charge in [-0.2, -0.15) is 0 Å². The Morgan fingerprint density at radius 1 is 1.22 bits per heavy atom. The molecule has 0 aromatic heterocycles. The van der Waals surface area contributed by atoms with Crippen molar-refractivity contribution >= 4 is 11.9 Å². The molecule has 0 atom stereocenters. The number of hydrogen-bond acceptors (Lipinski definition) is 3. The number of aliphatic carboxylic acids is 1. The van der Waals surface area contributed by atoms with Gasteiger partial charge in [-0.3, -0.25) is 9.59 Å². The zero-order valence-electron chi connectivity index (χ0n) is 11.6. The molecule has 0 aromatic rings. The molecule has 0 bridgehead atoms. The molecule has 1 N–H and O–H groups in total. The van der Waals surface area contributed by atoms with Crippen LogP contribution in [-0.2, 0) is 9.59 Å². The van der Waals surface area contributed by atoms with E-state index in [1.165, 1.54) is 17.7 Å². The lowest BCUT2D eigenvalue weighted by Crippen LogP contribution is -2.48. The van der Waals surface area contributed by atoms with Crippen LogP contribution < -0.4 is 0 Å². The van der Waals surface area contributed by atoms with E-state index in [0.29, 0.717) is 6.42 Å². The summed E-state index contributed by atoms with van der Waals surface area (Å²) in [4.78, 5) is 26.6. The lowest BCUT2D eigenvalue weighted by molar-refractivity contribution is -0.148. The van der Waals surface area contributed by atoms with Crippen molar-refractivity contribution in [1.82, 2.24) is 9.80 Å². The molecule has 18 heavy (non-hydrogen) atoms. The SMILES string of the molecule is CC(C)(C)N(CC(=O)O)C(=O)CCN1CCCC1. The monoisotopic (exact) mass is 256 g/mol. The summed E-state index contributed by atoms with van der Waals surface area (Å²) < 4.78 is 0. The Balaban J connectivity index is 2.50. The van der Waals surface area contributed by atoms with Crippen LogP contribution in [0.25, 0.3) is 0 Å². The Kier molecular flexibility index (Phi) is 5.14. The summed E-state index contributed by atoms with van der Waals surface area (Å²) in [5, 5.41) is 8.87. The smallest absolute Gasteiger partial charge is 0.323 e. The van der Waals surface area contributed by atoms with Gasteiger partial charge in [-0.1, -0.05) is 0 Å². The number of nitrogens with zero attached hydrogens (tertiary/aromatic N) is 2. The lowest BCUT2D eigenvalue weighted by atomic mass is 10.1. The van der Waals surface area contributed by atoms with Gasteiger partial charge in [-0.25, -0.2) is 0 Å². The fourth-order valence-corrected chi connectivity index (χ4v) is 2.23. The molecule has 1 heterocycles. The number of amides is 1. The summed E-state index contributed by atoms with van der Waals surface area (Å²) in [5.41, 5.74) is -0.444. The minimum absolute atomic E-state index is 0.0724. The molecule has 1 fully saturated rings. The van der Waals surface area contributed by atoms with Crippen LogP contribution in [0.2, 0.25) is 0 Å². The van der Waals surface area contributed by atoms with Crippen LogP contribution >= 0.6 is 0 Å². The van der Waals surface area contributed by atoms with Crippen LogP contribution in [0.4, 0.5) is 0 Å². The van der Waals surface area contributed by atoms with Crippen molar-refractivity contribution in [2.45, 2.75) is 45.6 Å². The molecule has 5 nitrogen and oxygen atoms in total. The molecule has 5 heteroatoms. The molecular weight excluding hydrogens is 232 g/mol. The van der Waals surface area contributed by atoms with E-state index in [4.69, 9.17) is 5.11 Å². The van der Waals surface area contributed by atoms with E-state index in [-0.39, 0.29) is 12.5 Å². The van der Waals surface area contributed by atoms with Crippen LogP contribution in [-0.4, -0.2) is 58.5 Å². The Morgan fingerprint density at radius 2 is 1.78 bits per heavy atom. The van der Waals surface area contributed by atoms with E-state index in [1.54, 1.807) is 0 Å². The average Bonchev–Trinajstić information content (AvgIpc) is 2.73. The molecule has 1 aliphatic rings. The van der Waals surface area contributed by atoms with Crippen molar-refractivity contribution in [2.75, 3.05) is 26.2 Å². The molecule has 0 aliphatic carbocycles. The van der Waals surface area contributed by atoms with E-state index in [2.05, 4.69) is 4.90 Å². The van der Waals surface area contributed by atoms with E-state index < -0.39 is 11.5 Å². The molecule has 104 valence electrons. The van der Waals surface area contributed by atoms with E-state index in [0.717, 1.165) is 19.6 Å². The molecule has 1 rings (SSSR count). The van der Waals surface area contributed by atoms with Crippen molar-refractivity contribution in [2.24, 2.45) is 0 Å². The van der Waals surface area contributed by atoms with Gasteiger partial charge in [-0.05, 0) is 46.7 Å². The molecular formula is C13H24N2O3. The molecule has 1 aliphatic heterocycles. The third-order valence-electron chi connectivity index (χ3n) is 3.24. The highest BCUT2D eigenvalue weighted by atomic mass is 16.4. The molecule has 1 saturated heterocycles. The third kappa shape index (κ3) is 4.64. The van der Waals surface area contributed by atoms with Gasteiger partial charge >= 0.3 is 5.97 Å². The second kappa shape index (κ2) is 6.18. The highest BCUT2D eigenvalue weighted by Crippen LogP contribution is 2.15. The second-order valence-corrected chi connectivity index (χ2v) is 5.84. The second-order valence-electron chi connectivity index (χ2n) is 5.84. The zero-order chi connectivity index (χ0) is 13.8. The first-order chi connectivity index (χ1) is 8.30. The topological polar surface area (TPSA) is 60.9 Å². The van der Waals surface area contributed by atoms with Gasteiger partial charge in [-0.15, -0.1) is 0 Å². The zero-order valence-corrected chi connectivity index (χ0v) is 11.6. The first kappa shape index (κ1) is 15.0. The van der Waals surface area contributed by atoms with Crippen molar-refractivity contribution in [3.8, 4) is 0 Å². The number of carbonyl (C=O) groups is 2. The summed E-state index contributed by atoms with van der Waals surface area (Å²) in [7, 11) is 0. The first-order valence-corrected chi connectivity index (χ1v) is 6.55. The summed E-state index contributed by atoms with van der Waals surface area (Å²) in [5.74, 6) is -1.03. The molecule has 0 aromatic carbocycles. The fourth-order valence-electron chi connectivity index (χ4n) is 2.23. The van der Waals surface area contributed by atoms with Crippen LogP contribution in [0.1, 0.15) is 40.0 Å². The van der Waals surface area contributed by atoms with Crippen molar-refractivity contribution in [3.05, 3.63) is 0 Å². The number of rotatable bonds is 5. The maximum absolute atomic E-state index is 12.1. The van der Waals surface area contributed by atoms with Gasteiger partial charge in [0, 0.05) is 18.5 Å². The molecule has 0 spiro atoms. The van der Waals surface area contributed by atoms with Gasteiger partial charge in [0.15, 0.2) is 0 Å². The minimum atomic E-state index is -0.959. The summed E-state index contributed by atoms with van der Waals surface area (Å²) in [6.07, 6.45) is 2.81. The third-order valence-corrected chi connectivity index (χ3v) is 3.24. The highest BCUT2D eigenvalue weighted by molar-refractivity contribution is 5.82. The maximum atomic E-state index is 12.1. The Labute approximate surface area is 109 Å². The predicted octanol–water partition coefficient (Wildman–Crippen LogP) is 1.18. The van der Waals surface area contributed by atoms with Gasteiger partial charge in [0.2, 0.25) is 5.91 Å². The molecule has 0 saturated carbocycles. The number of likely N-dealkylation sites (tertiary alicyclic amines) is 1. The van der Waals surface area contributed by atoms with Crippen molar-refractivity contribution in [1.29, 1.82) is 0 Å². The standard InChI is InChI=1S/C13H24N2O3/c1-13(2,3)15(10-12(17)18)11(16)6-9-14-7-4-5-8-14/h4-10H2,1-3H3,(H,17,18). The number of carbonyl (C=O) groups excluding carboxylic acids is 1. The van der Waals surface area contributed by atoms with Gasteiger partial charge in [0.1, 0.15) is 6.54 Å². The minimum Gasteiger partial charge on any atom is -0.480 e. The van der Waals surface area contributed by atoms with Crippen molar-refractivity contribution < 1.29 is 14.7 Å². The summed E-state index contributed by atoms with van der Waals surface area (Å²) in [6.45, 7) is 8.23. The van der Waals surface area contributed by atoms with Crippen molar-refractivity contribution in [3.63, 3.8) is 0 Å². The van der Waals surface area contributed by atoms with Crippen LogP contribution in [0, 0.1) is 0 Å². The predicted molar refractivity (Wildman–Crippen MR) is 69.4 cm³/mol. The van der Waals surface area contributed by atoms with Crippen LogP contribution in [0.15, 0.2) is 0 Å². The lowest BCUT2D eigenvalue weighted by Gasteiger charge is -2.34. The largest absolute Gasteiger partial charge is 0.480 e. The van der Waals surface area contributed by atoms with Crippen LogP contribution in [0.5, 0.6) is 0 Å². The van der Waals surface area contributed by atoms with Gasteiger partial charge in [0.05, 0.1) is 0 Å². The van der Waals surface area contributed by atoms with E-state index in [1.807, 2.05) is 20.8 Å². The number of hydrogen-bond donors (Lipinski definition) is 1. The summed E-state index contributed by atoms with van der Waals surface area (Å²) in [6, 6.07) is 0. The summed E-state index contributed by atoms with van der Waals surface area (Å²) >= 11 is 0. The Morgan fingerprint density at radius 3 is 2.22 bits per heavy atom. The van der Waals surface area contributed by atoms with Gasteiger partial charge in [0.25, 0.3) is 0 Å². The normalized spacial score (nSPS) is 16.8. The highest BCUT2D eigenvalue weighted by Gasteiger charge is 2.28. The first-order valence-electron chi connectivity index (χ1n) is 6.55. The molecule has 0 radical (unpaired) electrons. The number of carboxylic acids is 1. The maximum Gasteiger partial charge on any atom is 0.323 e. The average molecular weight is 256 g/mol. The van der Waals surface area contributed by atoms with Gasteiger partial charge < -0.3 is 14.9 Å². The van der Waals surface area contributed by atoms with E-state index >= 15 is 0 Å². The fraction of sp³-hybridized carbons (Fsp3) is 0.846. The Bertz CT molecular complexity index is 304.